The third-order valence-electron chi connectivity index (χ3n) is 2.34. The molecule has 0 amide bonds. The first-order valence-corrected chi connectivity index (χ1v) is 7.41. The second kappa shape index (κ2) is 8.41. The SMILES string of the molecule is CCNC(CCC[SiH3])(NCC)NCC. The maximum atomic E-state index is 3.53. The van der Waals surface area contributed by atoms with E-state index in [1.807, 2.05) is 0 Å². The lowest BCUT2D eigenvalue weighted by Gasteiger charge is -2.36. The van der Waals surface area contributed by atoms with Gasteiger partial charge in [-0.15, -0.1) is 0 Å². The molecule has 0 aliphatic rings. The molecule has 0 aromatic heterocycles. The highest BCUT2D eigenvalue weighted by Crippen LogP contribution is 2.07. The minimum atomic E-state index is -0.0251. The lowest BCUT2D eigenvalue weighted by Crippen LogP contribution is -2.66. The molecular formula is C10H27N3Si. The van der Waals surface area contributed by atoms with E-state index in [0.717, 1.165) is 19.6 Å². The van der Waals surface area contributed by atoms with Crippen LogP contribution in [0.1, 0.15) is 33.6 Å². The van der Waals surface area contributed by atoms with Crippen molar-refractivity contribution in [2.45, 2.75) is 45.4 Å². The molecule has 14 heavy (non-hydrogen) atoms. The molecule has 0 aromatic rings. The summed E-state index contributed by atoms with van der Waals surface area (Å²) in [6.07, 6.45) is 2.48. The maximum Gasteiger partial charge on any atom is 0.123 e. The van der Waals surface area contributed by atoms with Gasteiger partial charge in [0.1, 0.15) is 5.79 Å². The molecule has 0 radical (unpaired) electrons. The Morgan fingerprint density at radius 2 is 1.36 bits per heavy atom. The van der Waals surface area contributed by atoms with Gasteiger partial charge in [0.05, 0.1) is 0 Å². The Labute approximate surface area is 91.8 Å². The van der Waals surface area contributed by atoms with E-state index in [0.29, 0.717) is 0 Å². The third kappa shape index (κ3) is 5.10. The number of nitrogens with one attached hydrogen (secondary N) is 3. The number of hydrogen-bond donors (Lipinski definition) is 3. The van der Waals surface area contributed by atoms with Crippen molar-refractivity contribution in [1.82, 2.24) is 16.0 Å². The van der Waals surface area contributed by atoms with Gasteiger partial charge in [-0.25, -0.2) is 0 Å². The van der Waals surface area contributed by atoms with Crippen LogP contribution in [-0.4, -0.2) is 35.7 Å². The van der Waals surface area contributed by atoms with Crippen molar-refractivity contribution >= 4 is 10.2 Å². The highest BCUT2D eigenvalue weighted by Gasteiger charge is 2.25. The average molecular weight is 217 g/mol. The minimum absolute atomic E-state index is 0.0251. The van der Waals surface area contributed by atoms with Crippen LogP contribution in [0.5, 0.6) is 0 Å². The van der Waals surface area contributed by atoms with Gasteiger partial charge in [0.25, 0.3) is 0 Å². The first kappa shape index (κ1) is 14.1. The second-order valence-electron chi connectivity index (χ2n) is 3.60. The Hall–Kier alpha value is 0.0969. The van der Waals surface area contributed by atoms with Crippen molar-refractivity contribution in [3.8, 4) is 0 Å². The van der Waals surface area contributed by atoms with Gasteiger partial charge in [-0.1, -0.05) is 33.2 Å². The Morgan fingerprint density at radius 1 is 0.929 bits per heavy atom. The summed E-state index contributed by atoms with van der Waals surface area (Å²) >= 11 is 0. The van der Waals surface area contributed by atoms with Gasteiger partial charge in [-0.3, -0.25) is 16.0 Å². The van der Waals surface area contributed by atoms with Gasteiger partial charge < -0.3 is 0 Å². The monoisotopic (exact) mass is 217 g/mol. The summed E-state index contributed by atoms with van der Waals surface area (Å²) in [6.45, 7) is 9.47. The van der Waals surface area contributed by atoms with E-state index in [4.69, 9.17) is 0 Å². The molecule has 0 aliphatic heterocycles. The zero-order valence-corrected chi connectivity index (χ0v) is 12.2. The lowest BCUT2D eigenvalue weighted by atomic mass is 10.1. The van der Waals surface area contributed by atoms with Crippen molar-refractivity contribution < 1.29 is 0 Å². The molecule has 0 saturated carbocycles. The maximum absolute atomic E-state index is 3.53. The highest BCUT2D eigenvalue weighted by atomic mass is 28.1. The Morgan fingerprint density at radius 3 is 1.64 bits per heavy atom. The molecule has 0 bridgehead atoms. The summed E-state index contributed by atoms with van der Waals surface area (Å²) in [7, 11) is 1.31. The largest absolute Gasteiger partial charge is 0.287 e. The van der Waals surface area contributed by atoms with Crippen LogP contribution < -0.4 is 16.0 Å². The summed E-state index contributed by atoms with van der Waals surface area (Å²) in [5.74, 6) is -0.0251. The molecule has 0 saturated heterocycles. The summed E-state index contributed by atoms with van der Waals surface area (Å²) in [4.78, 5) is 0. The Kier molecular flexibility index (Phi) is 8.47. The predicted molar refractivity (Wildman–Crippen MR) is 67.7 cm³/mol. The molecule has 3 N–H and O–H groups in total. The summed E-state index contributed by atoms with van der Waals surface area (Å²) < 4.78 is 0. The van der Waals surface area contributed by atoms with Crippen LogP contribution in [-0.2, 0) is 0 Å². The molecule has 0 unspecified atom stereocenters. The van der Waals surface area contributed by atoms with E-state index in [2.05, 4.69) is 36.7 Å². The van der Waals surface area contributed by atoms with Crippen molar-refractivity contribution in [2.75, 3.05) is 19.6 Å². The van der Waals surface area contributed by atoms with Gasteiger partial charge in [-0.05, 0) is 26.1 Å². The molecule has 0 atom stereocenters. The summed E-state index contributed by atoms with van der Waals surface area (Å²) in [6, 6.07) is 1.38. The van der Waals surface area contributed by atoms with Crippen molar-refractivity contribution in [2.24, 2.45) is 0 Å². The number of rotatable bonds is 9. The van der Waals surface area contributed by atoms with Crippen LogP contribution in [0.2, 0.25) is 6.04 Å². The standard InChI is InChI=1S/C10H27N3Si/c1-4-11-10(12-5-2,13-6-3)8-7-9-14/h11-13H,4-9H2,1-3,14H3. The fourth-order valence-corrected chi connectivity index (χ4v) is 2.15. The number of hydrogen-bond acceptors (Lipinski definition) is 3. The van der Waals surface area contributed by atoms with Crippen LogP contribution in [0.3, 0.4) is 0 Å². The van der Waals surface area contributed by atoms with E-state index in [1.54, 1.807) is 0 Å². The van der Waals surface area contributed by atoms with Crippen molar-refractivity contribution in [3.05, 3.63) is 0 Å². The average Bonchev–Trinajstić information content (AvgIpc) is 2.16. The quantitative estimate of drug-likeness (QED) is 0.377. The predicted octanol–water partition coefficient (Wildman–Crippen LogP) is 0.0326. The molecule has 0 fully saturated rings. The van der Waals surface area contributed by atoms with Gasteiger partial charge in [0.15, 0.2) is 0 Å². The van der Waals surface area contributed by atoms with E-state index >= 15 is 0 Å². The topological polar surface area (TPSA) is 36.1 Å². The van der Waals surface area contributed by atoms with Gasteiger partial charge in [0.2, 0.25) is 0 Å². The van der Waals surface area contributed by atoms with Gasteiger partial charge in [-0.2, -0.15) is 0 Å². The van der Waals surface area contributed by atoms with Crippen LogP contribution in [0.4, 0.5) is 0 Å². The van der Waals surface area contributed by atoms with E-state index in [1.165, 1.54) is 29.1 Å². The first-order chi connectivity index (χ1) is 6.74. The van der Waals surface area contributed by atoms with Crippen LogP contribution in [0, 0.1) is 0 Å². The molecule has 0 heterocycles. The van der Waals surface area contributed by atoms with Crippen molar-refractivity contribution in [1.29, 1.82) is 0 Å². The molecule has 0 aromatic carbocycles. The lowest BCUT2D eigenvalue weighted by molar-refractivity contribution is 0.191. The molecule has 0 aliphatic carbocycles. The molecular weight excluding hydrogens is 190 g/mol. The fraction of sp³-hybridized carbons (Fsp3) is 1.00. The molecule has 0 rings (SSSR count). The molecule has 4 heteroatoms. The fourth-order valence-electron chi connectivity index (χ4n) is 1.80. The smallest absolute Gasteiger partial charge is 0.123 e. The van der Waals surface area contributed by atoms with E-state index < -0.39 is 0 Å². The molecule has 0 spiro atoms. The highest BCUT2D eigenvalue weighted by molar-refractivity contribution is 6.08. The van der Waals surface area contributed by atoms with Crippen LogP contribution in [0.15, 0.2) is 0 Å². The second-order valence-corrected chi connectivity index (χ2v) is 4.60. The Bertz CT molecular complexity index is 114. The van der Waals surface area contributed by atoms with E-state index in [9.17, 15) is 0 Å². The minimum Gasteiger partial charge on any atom is -0.287 e. The third-order valence-corrected chi connectivity index (χ3v) is 3.05. The van der Waals surface area contributed by atoms with E-state index in [-0.39, 0.29) is 5.79 Å². The summed E-state index contributed by atoms with van der Waals surface area (Å²) in [5.41, 5.74) is 0. The zero-order valence-electron chi connectivity index (χ0n) is 10.2. The normalized spacial score (nSPS) is 12.2. The van der Waals surface area contributed by atoms with Crippen LogP contribution in [0.25, 0.3) is 0 Å². The van der Waals surface area contributed by atoms with Gasteiger partial charge >= 0.3 is 0 Å². The van der Waals surface area contributed by atoms with Gasteiger partial charge in [0, 0.05) is 10.2 Å². The summed E-state index contributed by atoms with van der Waals surface area (Å²) in [5, 5.41) is 10.6. The van der Waals surface area contributed by atoms with Crippen molar-refractivity contribution in [3.63, 3.8) is 0 Å². The molecule has 86 valence electrons. The van der Waals surface area contributed by atoms with Crippen LogP contribution >= 0.6 is 0 Å². The molecule has 3 nitrogen and oxygen atoms in total. The Balaban J connectivity index is 4.21. The zero-order chi connectivity index (χ0) is 10.9. The first-order valence-electron chi connectivity index (χ1n) is 5.99.